The Labute approximate surface area is 123 Å². The van der Waals surface area contributed by atoms with Crippen molar-refractivity contribution in [2.75, 3.05) is 25.6 Å². The lowest BCUT2D eigenvalue weighted by Crippen LogP contribution is -2.39. The minimum atomic E-state index is -0.281. The van der Waals surface area contributed by atoms with E-state index in [0.29, 0.717) is 13.2 Å². The van der Waals surface area contributed by atoms with Crippen molar-refractivity contribution in [2.24, 2.45) is 0 Å². The first-order valence-corrected chi connectivity index (χ1v) is 7.05. The zero-order valence-corrected chi connectivity index (χ0v) is 13.4. The zero-order chi connectivity index (χ0) is 14.4. The van der Waals surface area contributed by atoms with Crippen molar-refractivity contribution in [3.63, 3.8) is 0 Å². The van der Waals surface area contributed by atoms with Crippen molar-refractivity contribution in [1.29, 1.82) is 0 Å². The van der Waals surface area contributed by atoms with Gasteiger partial charge in [0, 0.05) is 23.8 Å². The van der Waals surface area contributed by atoms with Crippen LogP contribution in [-0.2, 0) is 9.53 Å². The van der Waals surface area contributed by atoms with Gasteiger partial charge in [0.15, 0.2) is 0 Å². The van der Waals surface area contributed by atoms with Gasteiger partial charge in [0.25, 0.3) is 0 Å². The van der Waals surface area contributed by atoms with Gasteiger partial charge in [-0.3, -0.25) is 4.79 Å². The number of nitrogens with one attached hydrogen (secondary N) is 2. The quantitative estimate of drug-likeness (QED) is 0.789. The van der Waals surface area contributed by atoms with Crippen molar-refractivity contribution in [3.05, 3.63) is 27.7 Å². The molecule has 0 radical (unpaired) electrons. The van der Waals surface area contributed by atoms with Crippen LogP contribution in [0, 0.1) is 13.8 Å². The van der Waals surface area contributed by atoms with Crippen LogP contribution in [0.3, 0.4) is 0 Å². The number of aryl methyl sites for hydroxylation is 2. The number of ether oxygens (including phenoxy) is 1. The van der Waals surface area contributed by atoms with E-state index in [9.17, 15) is 4.79 Å². The molecule has 1 rings (SSSR count). The highest BCUT2D eigenvalue weighted by Crippen LogP contribution is 2.25. The maximum atomic E-state index is 11.8. The molecule has 106 valence electrons. The van der Waals surface area contributed by atoms with Crippen LogP contribution >= 0.6 is 15.9 Å². The topological polar surface area (TPSA) is 50.4 Å². The van der Waals surface area contributed by atoms with Crippen molar-refractivity contribution in [3.8, 4) is 0 Å². The van der Waals surface area contributed by atoms with Gasteiger partial charge in [-0.25, -0.2) is 0 Å². The fraction of sp³-hybridized carbons (Fsp3) is 0.500. The Morgan fingerprint density at radius 1 is 1.37 bits per heavy atom. The largest absolute Gasteiger partial charge is 0.383 e. The van der Waals surface area contributed by atoms with Gasteiger partial charge >= 0.3 is 0 Å². The van der Waals surface area contributed by atoms with Gasteiger partial charge < -0.3 is 15.4 Å². The molecule has 0 bridgehead atoms. The predicted octanol–water partition coefficient (Wildman–Crippen LogP) is 2.63. The Kier molecular flexibility index (Phi) is 6.31. The monoisotopic (exact) mass is 328 g/mol. The van der Waals surface area contributed by atoms with Crippen LogP contribution in [0.4, 0.5) is 5.69 Å². The second kappa shape index (κ2) is 7.50. The molecule has 1 aromatic carbocycles. The average molecular weight is 329 g/mol. The molecule has 0 saturated heterocycles. The summed E-state index contributed by atoms with van der Waals surface area (Å²) in [6, 6.07) is 3.77. The number of anilines is 1. The van der Waals surface area contributed by atoms with Crippen LogP contribution in [0.5, 0.6) is 0 Å². The van der Waals surface area contributed by atoms with Gasteiger partial charge in [-0.2, -0.15) is 0 Å². The SMILES string of the molecule is COCCNC(=O)C(C)Nc1cc(C)c(Br)c(C)c1. The molecule has 0 spiro atoms. The molecule has 19 heavy (non-hydrogen) atoms. The molecular weight excluding hydrogens is 308 g/mol. The number of rotatable bonds is 6. The summed E-state index contributed by atoms with van der Waals surface area (Å²) in [4.78, 5) is 11.8. The minimum absolute atomic E-state index is 0.0322. The van der Waals surface area contributed by atoms with Crippen LogP contribution < -0.4 is 10.6 Å². The maximum Gasteiger partial charge on any atom is 0.242 e. The van der Waals surface area contributed by atoms with Gasteiger partial charge in [0.1, 0.15) is 6.04 Å². The van der Waals surface area contributed by atoms with E-state index in [1.807, 2.05) is 32.9 Å². The van der Waals surface area contributed by atoms with Crippen LogP contribution in [0.1, 0.15) is 18.1 Å². The molecule has 4 nitrogen and oxygen atoms in total. The fourth-order valence-electron chi connectivity index (χ4n) is 1.77. The van der Waals surface area contributed by atoms with Crippen LogP contribution in [0.15, 0.2) is 16.6 Å². The number of carbonyl (C=O) groups is 1. The normalized spacial score (nSPS) is 12.1. The van der Waals surface area contributed by atoms with Gasteiger partial charge in [0.05, 0.1) is 6.61 Å². The molecule has 0 aliphatic carbocycles. The Morgan fingerprint density at radius 3 is 2.47 bits per heavy atom. The third-order valence-electron chi connectivity index (χ3n) is 2.82. The van der Waals surface area contributed by atoms with Crippen LogP contribution in [-0.4, -0.2) is 32.2 Å². The van der Waals surface area contributed by atoms with Crippen molar-refractivity contribution >= 4 is 27.5 Å². The second-order valence-electron chi connectivity index (χ2n) is 4.57. The smallest absolute Gasteiger partial charge is 0.242 e. The van der Waals surface area contributed by atoms with E-state index in [1.54, 1.807) is 7.11 Å². The Hall–Kier alpha value is -1.07. The van der Waals surface area contributed by atoms with E-state index >= 15 is 0 Å². The summed E-state index contributed by atoms with van der Waals surface area (Å²) < 4.78 is 6.00. The third kappa shape index (κ3) is 4.84. The molecule has 0 fully saturated rings. The Bertz CT molecular complexity index is 426. The number of hydrogen-bond donors (Lipinski definition) is 2. The first kappa shape index (κ1) is 16.0. The second-order valence-corrected chi connectivity index (χ2v) is 5.37. The lowest BCUT2D eigenvalue weighted by atomic mass is 10.1. The highest BCUT2D eigenvalue weighted by molar-refractivity contribution is 9.10. The van der Waals surface area contributed by atoms with Crippen LogP contribution in [0.25, 0.3) is 0 Å². The molecule has 5 heteroatoms. The van der Waals surface area contributed by atoms with E-state index in [4.69, 9.17) is 4.74 Å². The molecular formula is C14H21BrN2O2. The zero-order valence-electron chi connectivity index (χ0n) is 11.8. The first-order valence-electron chi connectivity index (χ1n) is 6.25. The molecule has 1 aromatic rings. The van der Waals surface area contributed by atoms with Gasteiger partial charge in [-0.05, 0) is 44.0 Å². The lowest BCUT2D eigenvalue weighted by molar-refractivity contribution is -0.121. The summed E-state index contributed by atoms with van der Waals surface area (Å²) in [5.74, 6) is -0.0322. The van der Waals surface area contributed by atoms with Crippen molar-refractivity contribution in [1.82, 2.24) is 5.32 Å². The number of hydrogen-bond acceptors (Lipinski definition) is 3. The van der Waals surface area contributed by atoms with Gasteiger partial charge in [-0.15, -0.1) is 0 Å². The molecule has 2 N–H and O–H groups in total. The summed E-state index contributed by atoms with van der Waals surface area (Å²) in [5.41, 5.74) is 3.25. The fourth-order valence-corrected chi connectivity index (χ4v) is 2.00. The summed E-state index contributed by atoms with van der Waals surface area (Å²) in [6.07, 6.45) is 0. The standard InChI is InChI=1S/C14H21BrN2O2/c1-9-7-12(8-10(2)13(9)15)17-11(3)14(18)16-5-6-19-4/h7-8,11,17H,5-6H2,1-4H3,(H,16,18). The maximum absolute atomic E-state index is 11.8. The summed E-state index contributed by atoms with van der Waals surface area (Å²) in [7, 11) is 1.61. The summed E-state index contributed by atoms with van der Waals surface area (Å²) in [6.45, 7) is 6.96. The molecule has 0 aliphatic rings. The Balaban J connectivity index is 2.61. The van der Waals surface area contributed by atoms with E-state index in [1.165, 1.54) is 0 Å². The van der Waals surface area contributed by atoms with E-state index in [-0.39, 0.29) is 11.9 Å². The van der Waals surface area contributed by atoms with Crippen molar-refractivity contribution < 1.29 is 9.53 Å². The van der Waals surface area contributed by atoms with E-state index in [2.05, 4.69) is 26.6 Å². The average Bonchev–Trinajstić information content (AvgIpc) is 2.36. The predicted molar refractivity (Wildman–Crippen MR) is 81.6 cm³/mol. The number of halogens is 1. The Morgan fingerprint density at radius 2 is 1.95 bits per heavy atom. The number of methoxy groups -OCH3 is 1. The van der Waals surface area contributed by atoms with Crippen molar-refractivity contribution in [2.45, 2.75) is 26.8 Å². The molecule has 0 aromatic heterocycles. The van der Waals surface area contributed by atoms with E-state index < -0.39 is 0 Å². The molecule has 1 atom stereocenters. The molecule has 0 aliphatic heterocycles. The molecule has 1 amide bonds. The van der Waals surface area contributed by atoms with Gasteiger partial charge in [-0.1, -0.05) is 15.9 Å². The molecule has 1 unspecified atom stereocenters. The highest BCUT2D eigenvalue weighted by atomic mass is 79.9. The summed E-state index contributed by atoms with van der Waals surface area (Å²) >= 11 is 3.53. The number of benzene rings is 1. The lowest BCUT2D eigenvalue weighted by Gasteiger charge is -2.16. The minimum Gasteiger partial charge on any atom is -0.383 e. The van der Waals surface area contributed by atoms with Crippen LogP contribution in [0.2, 0.25) is 0 Å². The third-order valence-corrected chi connectivity index (χ3v) is 4.07. The molecule has 0 heterocycles. The highest BCUT2D eigenvalue weighted by Gasteiger charge is 2.12. The van der Waals surface area contributed by atoms with Gasteiger partial charge in [0.2, 0.25) is 5.91 Å². The summed E-state index contributed by atoms with van der Waals surface area (Å²) in [5, 5.41) is 6.01. The van der Waals surface area contributed by atoms with E-state index in [0.717, 1.165) is 21.3 Å². The molecule has 0 saturated carbocycles. The number of carbonyl (C=O) groups excluding carboxylic acids is 1. The number of amides is 1. The first-order chi connectivity index (χ1) is 8.95.